The SMILES string of the molecule is COc1cccc(-c2c3nc(cc4ccc([nH]4)c(-c4cccc(OC)c4)c4cc5c6cc7[nH]c6c6c8nc(cc8c8cc2[nH]c8c6c5n4)c(-c2ccccc2)c2ccc([nH]2)c(-c2ccccc2)c2nc(c7-c4ccccc4)C=C2)C=C3)c1. The first-order valence-electron chi connectivity index (χ1n) is 27.4. The lowest BCUT2D eigenvalue weighted by atomic mass is 9.97. The average Bonchev–Trinajstić information content (AvgIpc) is 2.32. The summed E-state index contributed by atoms with van der Waals surface area (Å²) in [7, 11) is 3.41. The van der Waals surface area contributed by atoms with E-state index >= 15 is 0 Å². The van der Waals surface area contributed by atoms with Gasteiger partial charge < -0.3 is 29.4 Å². The molecule has 0 aliphatic carbocycles. The summed E-state index contributed by atoms with van der Waals surface area (Å²) in [6, 6.07) is 68.0. The number of benzene rings is 7. The third-order valence-electron chi connectivity index (χ3n) is 16.5. The van der Waals surface area contributed by atoms with Crippen molar-refractivity contribution in [3.05, 3.63) is 217 Å². The van der Waals surface area contributed by atoms with Gasteiger partial charge in [-0.1, -0.05) is 115 Å². The highest BCUT2D eigenvalue weighted by Gasteiger charge is 2.26. The highest BCUT2D eigenvalue weighted by atomic mass is 16.5. The second kappa shape index (κ2) is 17.7. The molecule has 7 aromatic carbocycles. The number of rotatable bonds is 7. The molecule has 2 aliphatic heterocycles. The molecule has 0 saturated heterocycles. The fourth-order valence-corrected chi connectivity index (χ4v) is 12.9. The summed E-state index contributed by atoms with van der Waals surface area (Å²) < 4.78 is 11.8. The molecule has 10 heteroatoms. The van der Waals surface area contributed by atoms with Crippen molar-refractivity contribution >= 4 is 123 Å². The predicted octanol–water partition coefficient (Wildman–Crippen LogP) is 18.0. The lowest BCUT2D eigenvalue weighted by Gasteiger charge is -2.08. The molecule has 0 spiro atoms. The normalized spacial score (nSPS) is 12.4. The van der Waals surface area contributed by atoms with Crippen LogP contribution < -0.4 is 9.47 Å². The molecule has 0 saturated carbocycles. The van der Waals surface area contributed by atoms with Gasteiger partial charge in [-0.05, 0) is 131 Å². The van der Waals surface area contributed by atoms with Crippen molar-refractivity contribution in [1.82, 2.24) is 39.9 Å². The number of fused-ring (bicyclic) bond motifs is 14. The predicted molar refractivity (Wildman–Crippen MR) is 337 cm³/mol. The standard InChI is InChI=1S/C72H46N8O2/c1-81-46-22-12-20-42(32-46)65-52-26-24-44(73-52)34-45-25-27-53(74-45)66(43-21-13-23-47(33-43)82-2)61-38-51-49-36-59-64(41-18-10-5-11-19-41)57-31-29-55(76-57)62(39-14-6-3-7-15-39)54-28-30-56(75-54)63(40-16-8-4-9-17-40)58-35-48-50-37-60(65)79-71(50)68(72(51)80-61)67(69(48)77-58)70(49)78-59/h3-38,73,76-77,80H,1-2H3. The molecule has 82 heavy (non-hydrogen) atoms. The lowest BCUT2D eigenvalue weighted by Crippen LogP contribution is -1.88. The van der Waals surface area contributed by atoms with Crippen LogP contribution in [0.2, 0.25) is 0 Å². The molecule has 16 bridgehead atoms. The zero-order valence-corrected chi connectivity index (χ0v) is 44.4. The molecule has 17 rings (SSSR count). The highest BCUT2D eigenvalue weighted by Crippen LogP contribution is 2.48. The molecule has 0 atom stereocenters. The number of nitrogens with one attached hydrogen (secondary N) is 4. The van der Waals surface area contributed by atoms with Gasteiger partial charge in [0, 0.05) is 93.2 Å². The van der Waals surface area contributed by atoms with Crippen LogP contribution in [0.25, 0.3) is 178 Å². The lowest BCUT2D eigenvalue weighted by molar-refractivity contribution is 0.415. The molecular formula is C72H46N8O2. The zero-order valence-electron chi connectivity index (χ0n) is 44.4. The molecule has 0 fully saturated rings. The van der Waals surface area contributed by atoms with E-state index in [-0.39, 0.29) is 0 Å². The van der Waals surface area contributed by atoms with Gasteiger partial charge >= 0.3 is 0 Å². The zero-order chi connectivity index (χ0) is 54.2. The van der Waals surface area contributed by atoms with E-state index in [1.54, 1.807) is 14.2 Å². The van der Waals surface area contributed by atoms with Crippen LogP contribution in [-0.4, -0.2) is 54.1 Å². The molecule has 4 N–H and O–H groups in total. The minimum absolute atomic E-state index is 0.746. The minimum atomic E-state index is 0.746. The van der Waals surface area contributed by atoms with Crippen LogP contribution in [0.4, 0.5) is 0 Å². The van der Waals surface area contributed by atoms with Gasteiger partial charge in [0.15, 0.2) is 0 Å². The topological polar surface area (TPSA) is 133 Å². The van der Waals surface area contributed by atoms with E-state index < -0.39 is 0 Å². The average molecular weight is 1060 g/mol. The van der Waals surface area contributed by atoms with Crippen molar-refractivity contribution < 1.29 is 9.47 Å². The maximum atomic E-state index is 5.92. The van der Waals surface area contributed by atoms with E-state index in [1.807, 2.05) is 24.3 Å². The Bertz CT molecular complexity index is 5420. The summed E-state index contributed by atoms with van der Waals surface area (Å²) >= 11 is 0. The van der Waals surface area contributed by atoms with Crippen LogP contribution in [0, 0.1) is 0 Å². The summed E-state index contributed by atoms with van der Waals surface area (Å²) in [5.41, 5.74) is 23.8. The highest BCUT2D eigenvalue weighted by molar-refractivity contribution is 6.39. The van der Waals surface area contributed by atoms with Gasteiger partial charge in [-0.3, -0.25) is 0 Å². The number of nitrogens with zero attached hydrogens (tertiary/aromatic N) is 4. The van der Waals surface area contributed by atoms with Gasteiger partial charge in [-0.15, -0.1) is 0 Å². The van der Waals surface area contributed by atoms with Crippen LogP contribution in [0.5, 0.6) is 11.5 Å². The van der Waals surface area contributed by atoms with Crippen LogP contribution in [0.15, 0.2) is 194 Å². The number of H-pyrrole nitrogens is 4. The second-order valence-electron chi connectivity index (χ2n) is 21.2. The summed E-state index contributed by atoms with van der Waals surface area (Å²) in [6.07, 6.45) is 8.50. The van der Waals surface area contributed by atoms with E-state index in [9.17, 15) is 0 Å². The number of aromatic nitrogens is 8. The summed E-state index contributed by atoms with van der Waals surface area (Å²) in [6.45, 7) is 0. The Hall–Kier alpha value is -11.1. The first-order valence-corrected chi connectivity index (χ1v) is 27.4. The molecule has 8 aromatic heterocycles. The third-order valence-corrected chi connectivity index (χ3v) is 16.5. The van der Waals surface area contributed by atoms with Crippen molar-refractivity contribution in [2.75, 3.05) is 14.2 Å². The molecule has 0 amide bonds. The molecule has 10 heterocycles. The largest absolute Gasteiger partial charge is 0.497 e. The van der Waals surface area contributed by atoms with E-state index in [1.165, 1.54) is 0 Å². The first kappa shape index (κ1) is 45.9. The maximum Gasteiger partial charge on any atom is 0.119 e. The van der Waals surface area contributed by atoms with Gasteiger partial charge in [-0.25, -0.2) is 19.9 Å². The molecule has 10 nitrogen and oxygen atoms in total. The molecule has 15 aromatic rings. The number of aromatic amines is 4. The fourth-order valence-electron chi connectivity index (χ4n) is 12.9. The van der Waals surface area contributed by atoms with Gasteiger partial charge in [0.05, 0.1) is 70.1 Å². The van der Waals surface area contributed by atoms with Gasteiger partial charge in [0.2, 0.25) is 0 Å². The summed E-state index contributed by atoms with van der Waals surface area (Å²) in [5.74, 6) is 1.49. The van der Waals surface area contributed by atoms with Crippen LogP contribution >= 0.6 is 0 Å². The van der Waals surface area contributed by atoms with Gasteiger partial charge in [0.25, 0.3) is 0 Å². The maximum absolute atomic E-state index is 5.92. The van der Waals surface area contributed by atoms with Crippen LogP contribution in [0.3, 0.4) is 0 Å². The minimum Gasteiger partial charge on any atom is -0.497 e. The number of hydrogen-bond acceptors (Lipinski definition) is 6. The Labute approximate surface area is 468 Å². The quantitative estimate of drug-likeness (QED) is 0.126. The number of ether oxygens (including phenoxy) is 2. The fraction of sp³-hybridized carbons (Fsp3) is 0.0278. The molecule has 0 radical (unpaired) electrons. The van der Waals surface area contributed by atoms with E-state index in [0.717, 1.165) is 188 Å². The number of methoxy groups -OCH3 is 2. The first-order chi connectivity index (χ1) is 40.5. The Kier molecular flexibility index (Phi) is 9.91. The molecular weight excluding hydrogens is 1010 g/mol. The van der Waals surface area contributed by atoms with E-state index in [2.05, 4.69) is 214 Å². The Balaban J connectivity index is 1.16. The van der Waals surface area contributed by atoms with Crippen molar-refractivity contribution in [3.8, 4) is 67.1 Å². The van der Waals surface area contributed by atoms with Gasteiger partial charge in [-0.2, -0.15) is 0 Å². The van der Waals surface area contributed by atoms with Crippen molar-refractivity contribution in [3.63, 3.8) is 0 Å². The summed E-state index contributed by atoms with van der Waals surface area (Å²) in [4.78, 5) is 38.7. The van der Waals surface area contributed by atoms with E-state index in [4.69, 9.17) is 29.4 Å². The smallest absolute Gasteiger partial charge is 0.119 e. The van der Waals surface area contributed by atoms with Crippen molar-refractivity contribution in [2.45, 2.75) is 0 Å². The number of hydrogen-bond donors (Lipinski definition) is 4. The molecule has 2 aliphatic rings. The summed E-state index contributed by atoms with van der Waals surface area (Å²) in [5, 5.41) is 5.89. The second-order valence-corrected chi connectivity index (χ2v) is 21.2. The van der Waals surface area contributed by atoms with Crippen LogP contribution in [-0.2, 0) is 0 Å². The van der Waals surface area contributed by atoms with Gasteiger partial charge in [0.1, 0.15) is 11.5 Å². The Morgan fingerprint density at radius 3 is 1.32 bits per heavy atom. The van der Waals surface area contributed by atoms with Crippen molar-refractivity contribution in [1.29, 1.82) is 0 Å². The Morgan fingerprint density at radius 2 is 0.756 bits per heavy atom. The van der Waals surface area contributed by atoms with E-state index in [0.29, 0.717) is 0 Å². The Morgan fingerprint density at radius 1 is 0.317 bits per heavy atom. The molecule has 386 valence electrons. The van der Waals surface area contributed by atoms with Crippen molar-refractivity contribution in [2.24, 2.45) is 0 Å². The third kappa shape index (κ3) is 7.01. The van der Waals surface area contributed by atoms with Crippen LogP contribution in [0.1, 0.15) is 22.8 Å². The molecule has 0 unspecified atom stereocenters. The monoisotopic (exact) mass is 1050 g/mol.